The lowest BCUT2D eigenvalue weighted by Gasteiger charge is -2.23. The molecule has 0 bridgehead atoms. The van der Waals surface area contributed by atoms with Gasteiger partial charge in [-0.05, 0) is 43.3 Å². The zero-order chi connectivity index (χ0) is 20.8. The van der Waals surface area contributed by atoms with Crippen LogP contribution in [-0.4, -0.2) is 29.5 Å². The van der Waals surface area contributed by atoms with E-state index in [2.05, 4.69) is 16.0 Å². The van der Waals surface area contributed by atoms with Crippen molar-refractivity contribution in [3.8, 4) is 5.75 Å². The Labute approximate surface area is 166 Å². The molecule has 0 saturated carbocycles. The third-order valence-electron chi connectivity index (χ3n) is 4.09. The number of carbonyl (C=O) groups is 3. The zero-order valence-corrected chi connectivity index (χ0v) is 15.6. The van der Waals surface area contributed by atoms with Gasteiger partial charge in [-0.3, -0.25) is 25.2 Å². The summed E-state index contributed by atoms with van der Waals surface area (Å²) in [5.41, 5.74) is 5.18. The van der Waals surface area contributed by atoms with Crippen molar-refractivity contribution in [3.05, 3.63) is 60.4 Å². The molecule has 1 aliphatic rings. The molecule has 2 aromatic carbocycles. The van der Waals surface area contributed by atoms with Gasteiger partial charge in [0.1, 0.15) is 17.3 Å². The van der Waals surface area contributed by atoms with Crippen molar-refractivity contribution in [2.24, 2.45) is 5.10 Å². The molecule has 2 aromatic rings. The number of rotatable bonds is 5. The van der Waals surface area contributed by atoms with Gasteiger partial charge in [-0.25, -0.2) is 9.40 Å². The van der Waals surface area contributed by atoms with Gasteiger partial charge in [-0.1, -0.05) is 18.2 Å². The average molecular weight is 398 g/mol. The largest absolute Gasteiger partial charge is 0.481 e. The minimum absolute atomic E-state index is 0.112. The molecule has 1 atom stereocenters. The number of hydrazone groups is 1. The number of para-hydroxylation sites is 1. The summed E-state index contributed by atoms with van der Waals surface area (Å²) in [6.07, 6.45) is -0.651. The SMILES string of the molecule is CC(Oc1ccc(F)cc1)C(=O)NNC(=O)C1=NN(c2ccccc2)C(=O)CC1. The maximum absolute atomic E-state index is 12.9. The summed E-state index contributed by atoms with van der Waals surface area (Å²) < 4.78 is 18.3. The summed E-state index contributed by atoms with van der Waals surface area (Å²) in [5.74, 6) is -1.55. The van der Waals surface area contributed by atoms with Crippen LogP contribution in [0.5, 0.6) is 5.75 Å². The predicted molar refractivity (Wildman–Crippen MR) is 103 cm³/mol. The Morgan fingerprint density at radius 1 is 1.07 bits per heavy atom. The smallest absolute Gasteiger partial charge is 0.285 e. The molecular weight excluding hydrogens is 379 g/mol. The first kappa shape index (κ1) is 20.0. The molecule has 150 valence electrons. The second-order valence-electron chi connectivity index (χ2n) is 6.25. The Kier molecular flexibility index (Phi) is 6.18. The first-order chi connectivity index (χ1) is 13.9. The van der Waals surface area contributed by atoms with Crippen molar-refractivity contribution >= 4 is 29.1 Å². The number of amides is 3. The van der Waals surface area contributed by atoms with Crippen molar-refractivity contribution < 1.29 is 23.5 Å². The van der Waals surface area contributed by atoms with Crippen LogP contribution < -0.4 is 20.6 Å². The van der Waals surface area contributed by atoms with Crippen LogP contribution in [0.1, 0.15) is 19.8 Å². The quantitative estimate of drug-likeness (QED) is 0.752. The lowest BCUT2D eigenvalue weighted by Crippen LogP contribution is -2.50. The van der Waals surface area contributed by atoms with Gasteiger partial charge in [0.2, 0.25) is 5.91 Å². The third kappa shape index (κ3) is 5.16. The summed E-state index contributed by atoms with van der Waals surface area (Å²) in [7, 11) is 0. The fourth-order valence-corrected chi connectivity index (χ4v) is 2.55. The van der Waals surface area contributed by atoms with Crippen LogP contribution in [-0.2, 0) is 14.4 Å². The number of hydrogen-bond acceptors (Lipinski definition) is 5. The van der Waals surface area contributed by atoms with Crippen LogP contribution in [0.3, 0.4) is 0 Å². The second kappa shape index (κ2) is 8.96. The van der Waals surface area contributed by atoms with Gasteiger partial charge in [-0.2, -0.15) is 5.10 Å². The molecule has 0 aromatic heterocycles. The predicted octanol–water partition coefficient (Wildman–Crippen LogP) is 1.92. The maximum Gasteiger partial charge on any atom is 0.285 e. The summed E-state index contributed by atoms with van der Waals surface area (Å²) in [6, 6.07) is 13.9. The zero-order valence-electron chi connectivity index (χ0n) is 15.6. The number of benzene rings is 2. The van der Waals surface area contributed by atoms with E-state index in [0.717, 1.165) is 0 Å². The van der Waals surface area contributed by atoms with E-state index in [1.54, 1.807) is 30.3 Å². The van der Waals surface area contributed by atoms with Gasteiger partial charge in [0.05, 0.1) is 5.69 Å². The van der Waals surface area contributed by atoms with Crippen LogP contribution in [0.15, 0.2) is 59.7 Å². The highest BCUT2D eigenvalue weighted by atomic mass is 19.1. The van der Waals surface area contributed by atoms with Crippen molar-refractivity contribution in [1.82, 2.24) is 10.9 Å². The van der Waals surface area contributed by atoms with Gasteiger partial charge in [0, 0.05) is 12.8 Å². The van der Waals surface area contributed by atoms with Gasteiger partial charge in [0.25, 0.3) is 11.8 Å². The van der Waals surface area contributed by atoms with E-state index >= 15 is 0 Å². The van der Waals surface area contributed by atoms with E-state index in [1.807, 2.05) is 0 Å². The number of anilines is 1. The van der Waals surface area contributed by atoms with Crippen molar-refractivity contribution in [2.75, 3.05) is 5.01 Å². The molecule has 2 N–H and O–H groups in total. The first-order valence-electron chi connectivity index (χ1n) is 8.92. The molecule has 8 nitrogen and oxygen atoms in total. The standard InChI is InChI=1S/C20H19FN4O4/c1-13(29-16-9-7-14(21)8-10-16)19(27)22-23-20(28)17-11-12-18(26)25(24-17)15-5-3-2-4-6-15/h2-10,13H,11-12H2,1H3,(H,22,27)(H,23,28). The Bertz CT molecular complexity index is 931. The maximum atomic E-state index is 12.9. The summed E-state index contributed by atoms with van der Waals surface area (Å²) in [4.78, 5) is 36.5. The summed E-state index contributed by atoms with van der Waals surface area (Å²) in [6.45, 7) is 1.48. The van der Waals surface area contributed by atoms with Gasteiger partial charge in [0.15, 0.2) is 6.10 Å². The molecule has 0 fully saturated rings. The number of nitrogens with one attached hydrogen (secondary N) is 2. The van der Waals surface area contributed by atoms with Crippen molar-refractivity contribution in [1.29, 1.82) is 0 Å². The molecule has 3 amide bonds. The molecule has 1 unspecified atom stereocenters. The molecule has 29 heavy (non-hydrogen) atoms. The fourth-order valence-electron chi connectivity index (χ4n) is 2.55. The van der Waals surface area contributed by atoms with Crippen LogP contribution in [0, 0.1) is 5.82 Å². The van der Waals surface area contributed by atoms with E-state index in [4.69, 9.17) is 4.74 Å². The third-order valence-corrected chi connectivity index (χ3v) is 4.09. The number of hydrazine groups is 1. The topological polar surface area (TPSA) is 100 Å². The molecule has 0 aliphatic carbocycles. The summed E-state index contributed by atoms with van der Waals surface area (Å²) >= 11 is 0. The van der Waals surface area contributed by atoms with E-state index in [9.17, 15) is 18.8 Å². The number of halogens is 1. The van der Waals surface area contributed by atoms with Gasteiger partial charge < -0.3 is 4.74 Å². The van der Waals surface area contributed by atoms with E-state index in [1.165, 1.54) is 36.2 Å². The highest BCUT2D eigenvalue weighted by molar-refractivity contribution is 6.40. The first-order valence-corrected chi connectivity index (χ1v) is 8.92. The van der Waals surface area contributed by atoms with E-state index in [0.29, 0.717) is 11.4 Å². The fraction of sp³-hybridized carbons (Fsp3) is 0.200. The number of carbonyl (C=O) groups excluding carboxylic acids is 3. The Balaban J connectivity index is 1.57. The molecule has 3 rings (SSSR count). The normalized spacial score (nSPS) is 14.6. The Morgan fingerprint density at radius 2 is 1.76 bits per heavy atom. The molecule has 0 spiro atoms. The van der Waals surface area contributed by atoms with Crippen LogP contribution in [0.2, 0.25) is 0 Å². The Morgan fingerprint density at radius 3 is 2.45 bits per heavy atom. The lowest BCUT2D eigenvalue weighted by molar-refractivity contribution is -0.131. The average Bonchev–Trinajstić information content (AvgIpc) is 2.74. The monoisotopic (exact) mass is 398 g/mol. The minimum Gasteiger partial charge on any atom is -0.481 e. The van der Waals surface area contributed by atoms with E-state index in [-0.39, 0.29) is 24.5 Å². The van der Waals surface area contributed by atoms with Gasteiger partial charge >= 0.3 is 0 Å². The summed E-state index contributed by atoms with van der Waals surface area (Å²) in [5, 5.41) is 5.27. The molecule has 1 heterocycles. The highest BCUT2D eigenvalue weighted by Gasteiger charge is 2.26. The van der Waals surface area contributed by atoms with Crippen molar-refractivity contribution in [3.63, 3.8) is 0 Å². The number of hydrogen-bond donors (Lipinski definition) is 2. The second-order valence-corrected chi connectivity index (χ2v) is 6.25. The van der Waals surface area contributed by atoms with Crippen LogP contribution in [0.4, 0.5) is 10.1 Å². The Hall–Kier alpha value is -3.75. The van der Waals surface area contributed by atoms with Crippen LogP contribution >= 0.6 is 0 Å². The van der Waals surface area contributed by atoms with Gasteiger partial charge in [-0.15, -0.1) is 0 Å². The van der Waals surface area contributed by atoms with E-state index < -0.39 is 23.7 Å². The molecular formula is C20H19FN4O4. The number of ether oxygens (including phenoxy) is 1. The lowest BCUT2D eigenvalue weighted by atomic mass is 10.1. The van der Waals surface area contributed by atoms with Crippen LogP contribution in [0.25, 0.3) is 0 Å². The number of nitrogens with zero attached hydrogens (tertiary/aromatic N) is 2. The molecule has 9 heteroatoms. The van der Waals surface area contributed by atoms with Crippen molar-refractivity contribution in [2.45, 2.75) is 25.9 Å². The molecule has 0 radical (unpaired) electrons. The molecule has 1 aliphatic heterocycles. The highest BCUT2D eigenvalue weighted by Crippen LogP contribution is 2.19. The molecule has 0 saturated heterocycles. The minimum atomic E-state index is -0.934.